The molecule has 1 heterocycles. The van der Waals surface area contributed by atoms with E-state index in [1.165, 1.54) is 31.5 Å². The van der Waals surface area contributed by atoms with Crippen LogP contribution in [0.25, 0.3) is 0 Å². The number of anilines is 1. The van der Waals surface area contributed by atoms with E-state index in [-0.39, 0.29) is 19.0 Å². The Bertz CT molecular complexity index is 406. The summed E-state index contributed by atoms with van der Waals surface area (Å²) in [4.78, 5) is 31.6. The minimum Gasteiger partial charge on any atom is -0.468 e. The first-order chi connectivity index (χ1) is 8.56. The molecule has 1 rings (SSSR count). The molecule has 0 aliphatic heterocycles. The van der Waals surface area contributed by atoms with Crippen molar-refractivity contribution in [2.24, 2.45) is 0 Å². The Hall–Kier alpha value is -1.89. The molecule has 7 nitrogen and oxygen atoms in total. The van der Waals surface area contributed by atoms with Crippen molar-refractivity contribution in [2.45, 2.75) is 0 Å². The summed E-state index contributed by atoms with van der Waals surface area (Å²) in [6.07, 6.45) is 2.73. The molecule has 0 N–H and O–H groups in total. The molecule has 0 aliphatic rings. The van der Waals surface area contributed by atoms with Gasteiger partial charge in [-0.1, -0.05) is 11.6 Å². The van der Waals surface area contributed by atoms with Crippen molar-refractivity contribution in [1.82, 2.24) is 9.97 Å². The maximum atomic E-state index is 11.2. The quantitative estimate of drug-likeness (QED) is 0.713. The highest BCUT2D eigenvalue weighted by molar-refractivity contribution is 6.30. The van der Waals surface area contributed by atoms with E-state index in [0.29, 0.717) is 5.02 Å². The van der Waals surface area contributed by atoms with Crippen molar-refractivity contribution in [1.29, 1.82) is 0 Å². The average Bonchev–Trinajstić information content (AvgIpc) is 2.38. The van der Waals surface area contributed by atoms with E-state index >= 15 is 0 Å². The maximum Gasteiger partial charge on any atom is 0.325 e. The van der Waals surface area contributed by atoms with Crippen LogP contribution in [0.5, 0.6) is 0 Å². The minimum absolute atomic E-state index is 0.159. The average molecular weight is 274 g/mol. The topological polar surface area (TPSA) is 81.6 Å². The summed E-state index contributed by atoms with van der Waals surface area (Å²) in [5.74, 6) is -0.842. The first-order valence-corrected chi connectivity index (χ1v) is 5.30. The van der Waals surface area contributed by atoms with E-state index in [1.54, 1.807) is 0 Å². The predicted octanol–water partition coefficient (Wildman–Crippen LogP) is 0.282. The summed E-state index contributed by atoms with van der Waals surface area (Å²) in [5, 5.41) is 0.356. The molecular weight excluding hydrogens is 262 g/mol. The second-order valence-electron chi connectivity index (χ2n) is 3.21. The molecule has 0 spiro atoms. The second kappa shape index (κ2) is 6.75. The van der Waals surface area contributed by atoms with Crippen molar-refractivity contribution in [3.05, 3.63) is 17.4 Å². The molecule has 0 unspecified atom stereocenters. The number of hydrogen-bond acceptors (Lipinski definition) is 7. The molecule has 0 saturated heterocycles. The van der Waals surface area contributed by atoms with Gasteiger partial charge in [-0.25, -0.2) is 9.97 Å². The van der Waals surface area contributed by atoms with Crippen LogP contribution in [0.15, 0.2) is 12.4 Å². The number of nitrogens with zero attached hydrogens (tertiary/aromatic N) is 3. The molecular formula is C10H12ClN3O4. The van der Waals surface area contributed by atoms with E-state index in [4.69, 9.17) is 11.6 Å². The number of hydrogen-bond donors (Lipinski definition) is 0. The lowest BCUT2D eigenvalue weighted by Crippen LogP contribution is -2.36. The molecule has 98 valence electrons. The molecule has 0 saturated carbocycles. The number of esters is 2. The Kier molecular flexibility index (Phi) is 5.31. The van der Waals surface area contributed by atoms with Crippen LogP contribution in [0.3, 0.4) is 0 Å². The number of halogens is 1. The Morgan fingerprint density at radius 3 is 2.00 bits per heavy atom. The lowest BCUT2D eigenvalue weighted by molar-refractivity contribution is -0.140. The van der Waals surface area contributed by atoms with Crippen LogP contribution in [-0.2, 0) is 19.1 Å². The van der Waals surface area contributed by atoms with Crippen LogP contribution in [-0.4, -0.2) is 49.2 Å². The first-order valence-electron chi connectivity index (χ1n) is 4.93. The smallest absolute Gasteiger partial charge is 0.325 e. The van der Waals surface area contributed by atoms with Crippen LogP contribution in [0, 0.1) is 0 Å². The number of ether oxygens (including phenoxy) is 2. The van der Waals surface area contributed by atoms with Crippen molar-refractivity contribution in [2.75, 3.05) is 32.2 Å². The predicted molar refractivity (Wildman–Crippen MR) is 63.3 cm³/mol. The standard InChI is InChI=1S/C10H12ClN3O4/c1-17-8(15)5-14(6-9(16)18-2)10-12-3-7(11)4-13-10/h3-4H,5-6H2,1-2H3. The number of methoxy groups -OCH3 is 2. The van der Waals surface area contributed by atoms with Crippen LogP contribution >= 0.6 is 11.6 Å². The van der Waals surface area contributed by atoms with Crippen molar-refractivity contribution in [3.63, 3.8) is 0 Å². The largest absolute Gasteiger partial charge is 0.468 e. The normalized spacial score (nSPS) is 9.72. The Labute approximate surface area is 109 Å². The van der Waals surface area contributed by atoms with E-state index in [1.807, 2.05) is 0 Å². The number of carbonyl (C=O) groups excluding carboxylic acids is 2. The summed E-state index contributed by atoms with van der Waals surface area (Å²) >= 11 is 5.66. The van der Waals surface area contributed by atoms with Crippen LogP contribution in [0.2, 0.25) is 5.02 Å². The van der Waals surface area contributed by atoms with Gasteiger partial charge in [-0.2, -0.15) is 0 Å². The lowest BCUT2D eigenvalue weighted by Gasteiger charge is -2.19. The third-order valence-electron chi connectivity index (χ3n) is 1.98. The van der Waals surface area contributed by atoms with Gasteiger partial charge < -0.3 is 14.4 Å². The Morgan fingerprint density at radius 1 is 1.17 bits per heavy atom. The van der Waals surface area contributed by atoms with E-state index in [9.17, 15) is 9.59 Å². The minimum atomic E-state index is -0.516. The highest BCUT2D eigenvalue weighted by Gasteiger charge is 2.18. The molecule has 0 atom stereocenters. The Morgan fingerprint density at radius 2 is 1.61 bits per heavy atom. The third-order valence-corrected chi connectivity index (χ3v) is 2.18. The number of aromatic nitrogens is 2. The summed E-state index contributed by atoms with van der Waals surface area (Å²) in [6.45, 7) is -0.319. The lowest BCUT2D eigenvalue weighted by atomic mass is 10.5. The van der Waals surface area contributed by atoms with Crippen LogP contribution in [0.1, 0.15) is 0 Å². The fourth-order valence-corrected chi connectivity index (χ4v) is 1.20. The van der Waals surface area contributed by atoms with Gasteiger partial charge in [0, 0.05) is 0 Å². The van der Waals surface area contributed by atoms with Gasteiger partial charge in [-0.3, -0.25) is 9.59 Å². The zero-order valence-electron chi connectivity index (χ0n) is 9.92. The molecule has 0 amide bonds. The van der Waals surface area contributed by atoms with E-state index < -0.39 is 11.9 Å². The molecule has 0 aliphatic carbocycles. The SMILES string of the molecule is COC(=O)CN(CC(=O)OC)c1ncc(Cl)cn1. The van der Waals surface area contributed by atoms with Gasteiger partial charge >= 0.3 is 11.9 Å². The first kappa shape index (κ1) is 14.2. The van der Waals surface area contributed by atoms with Gasteiger partial charge in [-0.15, -0.1) is 0 Å². The van der Waals surface area contributed by atoms with Gasteiger partial charge in [0.25, 0.3) is 0 Å². The van der Waals surface area contributed by atoms with Crippen molar-refractivity contribution in [3.8, 4) is 0 Å². The summed E-state index contributed by atoms with van der Waals surface area (Å²) in [6, 6.07) is 0. The fourth-order valence-electron chi connectivity index (χ4n) is 1.11. The summed E-state index contributed by atoms with van der Waals surface area (Å²) in [5.41, 5.74) is 0. The fraction of sp³-hybridized carbons (Fsp3) is 0.400. The molecule has 0 fully saturated rings. The number of rotatable bonds is 5. The van der Waals surface area contributed by atoms with Gasteiger partial charge in [0.2, 0.25) is 5.95 Å². The third kappa shape index (κ3) is 4.17. The molecule has 0 bridgehead atoms. The molecule has 0 radical (unpaired) electrons. The van der Waals surface area contributed by atoms with Gasteiger partial charge in [0.05, 0.1) is 31.6 Å². The highest BCUT2D eigenvalue weighted by atomic mass is 35.5. The zero-order chi connectivity index (χ0) is 13.5. The Balaban J connectivity index is 2.85. The second-order valence-corrected chi connectivity index (χ2v) is 3.65. The van der Waals surface area contributed by atoms with Gasteiger partial charge in [0.15, 0.2) is 0 Å². The van der Waals surface area contributed by atoms with Gasteiger partial charge in [0.1, 0.15) is 13.1 Å². The van der Waals surface area contributed by atoms with Crippen LogP contribution < -0.4 is 4.90 Å². The zero-order valence-corrected chi connectivity index (χ0v) is 10.7. The maximum absolute atomic E-state index is 11.2. The molecule has 8 heteroatoms. The van der Waals surface area contributed by atoms with E-state index in [0.717, 1.165) is 0 Å². The molecule has 1 aromatic rings. The monoisotopic (exact) mass is 273 g/mol. The highest BCUT2D eigenvalue weighted by Crippen LogP contribution is 2.10. The molecule has 18 heavy (non-hydrogen) atoms. The van der Waals surface area contributed by atoms with Crippen molar-refractivity contribution < 1.29 is 19.1 Å². The molecule has 0 aromatic carbocycles. The molecule has 1 aromatic heterocycles. The number of carbonyl (C=O) groups is 2. The summed E-state index contributed by atoms with van der Waals surface area (Å²) in [7, 11) is 2.50. The van der Waals surface area contributed by atoms with Crippen molar-refractivity contribution >= 4 is 29.5 Å². The van der Waals surface area contributed by atoms with E-state index in [2.05, 4.69) is 19.4 Å². The summed E-state index contributed by atoms with van der Waals surface area (Å²) < 4.78 is 9.05. The van der Waals surface area contributed by atoms with Crippen LogP contribution in [0.4, 0.5) is 5.95 Å². The van der Waals surface area contributed by atoms with Gasteiger partial charge in [-0.05, 0) is 0 Å².